The molecule has 1 aromatic rings. The van der Waals surface area contributed by atoms with Crippen LogP contribution in [0.2, 0.25) is 0 Å². The van der Waals surface area contributed by atoms with Crippen LogP contribution in [0.1, 0.15) is 32.0 Å². The van der Waals surface area contributed by atoms with Gasteiger partial charge in [0.1, 0.15) is 0 Å². The van der Waals surface area contributed by atoms with Crippen molar-refractivity contribution in [2.45, 2.75) is 37.6 Å². The van der Waals surface area contributed by atoms with Gasteiger partial charge in [-0.05, 0) is 31.2 Å². The van der Waals surface area contributed by atoms with Crippen LogP contribution in [0.4, 0.5) is 0 Å². The molecule has 2 unspecified atom stereocenters. The van der Waals surface area contributed by atoms with Gasteiger partial charge in [-0.1, -0.05) is 13.0 Å². The zero-order chi connectivity index (χ0) is 10.7. The van der Waals surface area contributed by atoms with Crippen LogP contribution in [0.5, 0.6) is 0 Å². The summed E-state index contributed by atoms with van der Waals surface area (Å²) in [5, 5.41) is 4.39. The molecule has 3 heteroatoms. The number of hydrogen-bond donors (Lipinski definition) is 1. The van der Waals surface area contributed by atoms with Gasteiger partial charge in [-0.25, -0.2) is 0 Å². The van der Waals surface area contributed by atoms with E-state index in [-0.39, 0.29) is 0 Å². The first-order valence-corrected chi connectivity index (χ1v) is 6.61. The Morgan fingerprint density at radius 3 is 3.00 bits per heavy atom. The molecule has 3 atom stereocenters. The minimum absolute atomic E-state index is 0.359. The second-order valence-corrected chi connectivity index (χ2v) is 5.60. The molecular formula is C12H18N2S. The number of nitrogens with one attached hydrogen (secondary N) is 1. The molecule has 0 saturated carbocycles. The van der Waals surface area contributed by atoms with Crippen molar-refractivity contribution in [2.24, 2.45) is 0 Å². The minimum Gasteiger partial charge on any atom is -0.305 e. The molecule has 15 heavy (non-hydrogen) atoms. The lowest BCUT2D eigenvalue weighted by Crippen LogP contribution is -2.35. The second-order valence-electron chi connectivity index (χ2n) is 4.11. The molecule has 1 aliphatic heterocycles. The van der Waals surface area contributed by atoms with E-state index in [1.165, 1.54) is 12.2 Å². The number of rotatable bonds is 3. The van der Waals surface area contributed by atoms with Crippen molar-refractivity contribution in [3.05, 3.63) is 30.1 Å². The number of aromatic nitrogens is 1. The molecule has 1 saturated heterocycles. The average Bonchev–Trinajstić information content (AvgIpc) is 2.66. The monoisotopic (exact) mass is 222 g/mol. The summed E-state index contributed by atoms with van der Waals surface area (Å²) >= 11 is 2.06. The predicted octanol–water partition coefficient (Wildman–Crippen LogP) is 2.63. The van der Waals surface area contributed by atoms with E-state index < -0.39 is 0 Å². The molecule has 0 aliphatic carbocycles. The van der Waals surface area contributed by atoms with E-state index in [9.17, 15) is 0 Å². The Balaban J connectivity index is 1.95. The van der Waals surface area contributed by atoms with Crippen LogP contribution in [-0.4, -0.2) is 22.0 Å². The van der Waals surface area contributed by atoms with Crippen molar-refractivity contribution >= 4 is 11.8 Å². The van der Waals surface area contributed by atoms with E-state index in [1.54, 1.807) is 0 Å². The van der Waals surface area contributed by atoms with Crippen molar-refractivity contribution in [1.82, 2.24) is 10.3 Å². The van der Waals surface area contributed by atoms with E-state index >= 15 is 0 Å². The zero-order valence-corrected chi connectivity index (χ0v) is 10.1. The van der Waals surface area contributed by atoms with Gasteiger partial charge in [0.05, 0.1) is 5.69 Å². The molecular weight excluding hydrogens is 204 g/mol. The Hall–Kier alpha value is -0.540. The van der Waals surface area contributed by atoms with Gasteiger partial charge in [-0.2, -0.15) is 11.8 Å². The SMILES string of the molecule is CC1SCCC1N[C@@H](C)c1ccccn1. The van der Waals surface area contributed by atoms with Crippen LogP contribution in [0, 0.1) is 0 Å². The molecule has 0 bridgehead atoms. The van der Waals surface area contributed by atoms with Crippen molar-refractivity contribution in [3.63, 3.8) is 0 Å². The van der Waals surface area contributed by atoms with Gasteiger partial charge >= 0.3 is 0 Å². The van der Waals surface area contributed by atoms with E-state index in [4.69, 9.17) is 0 Å². The summed E-state index contributed by atoms with van der Waals surface area (Å²) in [6, 6.07) is 7.10. The van der Waals surface area contributed by atoms with E-state index in [0.717, 1.165) is 10.9 Å². The summed E-state index contributed by atoms with van der Waals surface area (Å²) in [4.78, 5) is 4.38. The highest BCUT2D eigenvalue weighted by atomic mass is 32.2. The smallest absolute Gasteiger partial charge is 0.0570 e. The van der Waals surface area contributed by atoms with Crippen LogP contribution in [0.15, 0.2) is 24.4 Å². The largest absolute Gasteiger partial charge is 0.305 e. The highest BCUT2D eigenvalue weighted by Crippen LogP contribution is 2.27. The summed E-state index contributed by atoms with van der Waals surface area (Å²) in [7, 11) is 0. The number of nitrogens with zero attached hydrogens (tertiary/aromatic N) is 1. The molecule has 1 aromatic heterocycles. The highest BCUT2D eigenvalue weighted by Gasteiger charge is 2.25. The molecule has 2 heterocycles. The molecule has 2 rings (SSSR count). The maximum Gasteiger partial charge on any atom is 0.0570 e. The van der Waals surface area contributed by atoms with Crippen molar-refractivity contribution in [2.75, 3.05) is 5.75 Å². The van der Waals surface area contributed by atoms with Crippen LogP contribution < -0.4 is 5.32 Å². The van der Waals surface area contributed by atoms with Gasteiger partial charge in [-0.3, -0.25) is 4.98 Å². The van der Waals surface area contributed by atoms with Crippen LogP contribution >= 0.6 is 11.8 Å². The molecule has 82 valence electrons. The summed E-state index contributed by atoms with van der Waals surface area (Å²) in [6.45, 7) is 4.50. The quantitative estimate of drug-likeness (QED) is 0.851. The third-order valence-corrected chi connectivity index (χ3v) is 4.30. The van der Waals surface area contributed by atoms with Crippen molar-refractivity contribution in [1.29, 1.82) is 0 Å². The van der Waals surface area contributed by atoms with Gasteiger partial charge in [0.15, 0.2) is 0 Å². The Morgan fingerprint density at radius 2 is 2.40 bits per heavy atom. The molecule has 2 nitrogen and oxygen atoms in total. The Kier molecular flexibility index (Phi) is 3.65. The zero-order valence-electron chi connectivity index (χ0n) is 9.31. The van der Waals surface area contributed by atoms with E-state index in [2.05, 4.69) is 42.0 Å². The Labute approximate surface area is 95.9 Å². The Bertz CT molecular complexity index is 302. The fourth-order valence-corrected chi connectivity index (χ4v) is 3.20. The molecule has 1 fully saturated rings. The summed E-state index contributed by atoms with van der Waals surface area (Å²) in [5.41, 5.74) is 1.14. The fourth-order valence-electron chi connectivity index (χ4n) is 1.99. The van der Waals surface area contributed by atoms with Crippen LogP contribution in [0.25, 0.3) is 0 Å². The van der Waals surface area contributed by atoms with E-state index in [1.807, 2.05) is 18.3 Å². The molecule has 0 amide bonds. The molecule has 0 radical (unpaired) electrons. The number of pyridine rings is 1. The van der Waals surface area contributed by atoms with Crippen molar-refractivity contribution in [3.8, 4) is 0 Å². The predicted molar refractivity (Wildman–Crippen MR) is 66.1 cm³/mol. The number of thioether (sulfide) groups is 1. The van der Waals surface area contributed by atoms with Gasteiger partial charge < -0.3 is 5.32 Å². The molecule has 1 aliphatic rings. The van der Waals surface area contributed by atoms with Gasteiger partial charge in [0.25, 0.3) is 0 Å². The lowest BCUT2D eigenvalue weighted by Gasteiger charge is -2.21. The second kappa shape index (κ2) is 4.99. The third-order valence-electron chi connectivity index (χ3n) is 2.97. The van der Waals surface area contributed by atoms with Crippen molar-refractivity contribution < 1.29 is 0 Å². The molecule has 1 N–H and O–H groups in total. The molecule has 0 aromatic carbocycles. The minimum atomic E-state index is 0.359. The first-order valence-electron chi connectivity index (χ1n) is 5.56. The van der Waals surface area contributed by atoms with Gasteiger partial charge in [-0.15, -0.1) is 0 Å². The van der Waals surface area contributed by atoms with Gasteiger partial charge in [0.2, 0.25) is 0 Å². The fraction of sp³-hybridized carbons (Fsp3) is 0.583. The summed E-state index contributed by atoms with van der Waals surface area (Å²) < 4.78 is 0. The topological polar surface area (TPSA) is 24.9 Å². The highest BCUT2D eigenvalue weighted by molar-refractivity contribution is 8.00. The van der Waals surface area contributed by atoms with Gasteiger partial charge in [0, 0.05) is 23.5 Å². The Morgan fingerprint density at radius 1 is 1.53 bits per heavy atom. The normalized spacial score (nSPS) is 27.9. The molecule has 0 spiro atoms. The summed E-state index contributed by atoms with van der Waals surface area (Å²) in [5.74, 6) is 1.29. The van der Waals surface area contributed by atoms with Crippen LogP contribution in [-0.2, 0) is 0 Å². The van der Waals surface area contributed by atoms with Crippen LogP contribution in [0.3, 0.4) is 0 Å². The standard InChI is InChI=1S/C12H18N2S/c1-9(11-5-3-4-7-13-11)14-12-6-8-15-10(12)2/h3-5,7,9-10,12,14H,6,8H2,1-2H3/t9-,10?,12?/m0/s1. The lowest BCUT2D eigenvalue weighted by atomic mass is 10.1. The lowest BCUT2D eigenvalue weighted by molar-refractivity contribution is 0.448. The maximum atomic E-state index is 4.38. The van der Waals surface area contributed by atoms with E-state index in [0.29, 0.717) is 12.1 Å². The summed E-state index contributed by atoms with van der Waals surface area (Å²) in [6.07, 6.45) is 3.14. The first-order chi connectivity index (χ1) is 7.27. The third kappa shape index (κ3) is 2.73. The number of hydrogen-bond acceptors (Lipinski definition) is 3. The average molecular weight is 222 g/mol. The maximum absolute atomic E-state index is 4.38. The first kappa shape index (κ1) is 11.0.